The molecule has 2 radical (unpaired) electrons. The maximum absolute atomic E-state index is 6.45. The van der Waals surface area contributed by atoms with E-state index in [-0.39, 0.29) is 5.04 Å². The molecular formula is C22H29NO3SSi. The van der Waals surface area contributed by atoms with E-state index in [0.29, 0.717) is 9.76 Å². The lowest BCUT2D eigenvalue weighted by Crippen LogP contribution is -2.29. The van der Waals surface area contributed by atoms with E-state index in [2.05, 4.69) is 64.8 Å². The highest BCUT2D eigenvalue weighted by atomic mass is 32.2. The molecule has 0 fully saturated rings. The van der Waals surface area contributed by atoms with Crippen LogP contribution in [0.2, 0.25) is 5.04 Å². The second kappa shape index (κ2) is 7.65. The number of hydrogen-bond donors (Lipinski definition) is 0. The van der Waals surface area contributed by atoms with Gasteiger partial charge in [0.2, 0.25) is 9.76 Å². The molecule has 0 saturated heterocycles. The SMILES string of the molecule is COc1ccc2c(c1)Sc1c(ccc(OC)c1C(C)(C)O[Si]C(C)(C)C)N2C. The smallest absolute Gasteiger partial charge is 0.236 e. The van der Waals surface area contributed by atoms with Gasteiger partial charge in [0.25, 0.3) is 0 Å². The molecule has 0 aromatic heterocycles. The monoisotopic (exact) mass is 415 g/mol. The van der Waals surface area contributed by atoms with E-state index in [9.17, 15) is 0 Å². The van der Waals surface area contributed by atoms with E-state index in [0.717, 1.165) is 27.6 Å². The van der Waals surface area contributed by atoms with Crippen LogP contribution in [-0.4, -0.2) is 31.0 Å². The van der Waals surface area contributed by atoms with Crippen molar-refractivity contribution >= 4 is 32.9 Å². The summed E-state index contributed by atoms with van der Waals surface area (Å²) in [5, 5.41) is 0.114. The molecule has 0 saturated carbocycles. The molecule has 0 unspecified atom stereocenters. The molecule has 150 valence electrons. The van der Waals surface area contributed by atoms with E-state index in [1.54, 1.807) is 26.0 Å². The Morgan fingerprint density at radius 1 is 0.929 bits per heavy atom. The van der Waals surface area contributed by atoms with Gasteiger partial charge in [0.1, 0.15) is 11.5 Å². The Bertz CT molecular complexity index is 877. The lowest BCUT2D eigenvalue weighted by molar-refractivity contribution is 0.103. The maximum atomic E-state index is 6.45. The quantitative estimate of drug-likeness (QED) is 0.557. The lowest BCUT2D eigenvalue weighted by Gasteiger charge is -2.37. The summed E-state index contributed by atoms with van der Waals surface area (Å²) in [6.45, 7) is 10.9. The average Bonchev–Trinajstić information content (AvgIpc) is 2.64. The first-order valence-corrected chi connectivity index (χ1v) is 11.1. The minimum absolute atomic E-state index is 0.114. The predicted octanol–water partition coefficient (Wildman–Crippen LogP) is 6.03. The van der Waals surface area contributed by atoms with Crippen molar-refractivity contribution in [1.29, 1.82) is 0 Å². The molecule has 0 bridgehead atoms. The summed E-state index contributed by atoms with van der Waals surface area (Å²) < 4.78 is 17.7. The molecular weight excluding hydrogens is 386 g/mol. The molecule has 3 rings (SSSR count). The van der Waals surface area contributed by atoms with E-state index >= 15 is 0 Å². The summed E-state index contributed by atoms with van der Waals surface area (Å²) in [6, 6.07) is 10.4. The highest BCUT2D eigenvalue weighted by Gasteiger charge is 2.35. The zero-order valence-electron chi connectivity index (χ0n) is 18.0. The first-order valence-electron chi connectivity index (χ1n) is 9.33. The topological polar surface area (TPSA) is 30.9 Å². The number of methoxy groups -OCH3 is 2. The minimum atomic E-state index is -0.480. The number of anilines is 2. The van der Waals surface area contributed by atoms with E-state index in [1.165, 1.54) is 10.6 Å². The van der Waals surface area contributed by atoms with Gasteiger partial charge in [-0.1, -0.05) is 32.5 Å². The third kappa shape index (κ3) is 4.04. The first-order chi connectivity index (χ1) is 13.1. The van der Waals surface area contributed by atoms with Crippen LogP contribution < -0.4 is 14.4 Å². The van der Waals surface area contributed by atoms with Gasteiger partial charge in [-0.3, -0.25) is 0 Å². The Morgan fingerprint density at radius 3 is 2.21 bits per heavy atom. The Kier molecular flexibility index (Phi) is 5.76. The first kappa shape index (κ1) is 21.1. The van der Waals surface area contributed by atoms with Crippen molar-refractivity contribution in [3.63, 3.8) is 0 Å². The Hall–Kier alpha value is -1.63. The Morgan fingerprint density at radius 2 is 1.61 bits per heavy atom. The molecule has 0 aliphatic carbocycles. The molecule has 0 N–H and O–H groups in total. The fraction of sp³-hybridized carbons (Fsp3) is 0.455. The molecule has 2 aromatic rings. The van der Waals surface area contributed by atoms with Crippen LogP contribution in [0.3, 0.4) is 0 Å². The fourth-order valence-electron chi connectivity index (χ4n) is 3.21. The van der Waals surface area contributed by atoms with Crippen molar-refractivity contribution in [2.24, 2.45) is 0 Å². The molecule has 0 atom stereocenters. The average molecular weight is 416 g/mol. The summed E-state index contributed by atoms with van der Waals surface area (Å²) in [5.74, 6) is 1.71. The Balaban J connectivity index is 2.11. The van der Waals surface area contributed by atoms with E-state index < -0.39 is 5.60 Å². The van der Waals surface area contributed by atoms with Gasteiger partial charge >= 0.3 is 0 Å². The predicted molar refractivity (Wildman–Crippen MR) is 118 cm³/mol. The number of hydrogen-bond acceptors (Lipinski definition) is 5. The standard InChI is InChI=1S/C22H29NO3SSi/c1-21(2,3)28-26-22(4,5)19-17(25-8)12-11-16-20(19)27-18-13-14(24-7)9-10-15(18)23(16)6/h9-13H,1-8H3. The summed E-state index contributed by atoms with van der Waals surface area (Å²) >= 11 is 1.75. The molecule has 4 nitrogen and oxygen atoms in total. The van der Waals surface area contributed by atoms with Crippen LogP contribution in [0, 0.1) is 0 Å². The molecule has 1 heterocycles. The van der Waals surface area contributed by atoms with Crippen LogP contribution >= 0.6 is 11.8 Å². The summed E-state index contributed by atoms with van der Waals surface area (Å²) in [4.78, 5) is 4.57. The number of fused-ring (bicyclic) bond motifs is 2. The normalized spacial score (nSPS) is 13.8. The van der Waals surface area contributed by atoms with E-state index in [1.807, 2.05) is 12.1 Å². The van der Waals surface area contributed by atoms with Crippen LogP contribution in [0.15, 0.2) is 40.1 Å². The third-order valence-corrected chi connectivity index (χ3v) is 7.02. The van der Waals surface area contributed by atoms with E-state index in [4.69, 9.17) is 13.9 Å². The molecule has 1 aliphatic heterocycles. The van der Waals surface area contributed by atoms with Crippen LogP contribution in [0.1, 0.15) is 40.2 Å². The van der Waals surface area contributed by atoms with Gasteiger partial charge in [-0.15, -0.1) is 0 Å². The molecule has 2 aromatic carbocycles. The zero-order chi connectivity index (χ0) is 20.7. The third-order valence-electron chi connectivity index (χ3n) is 4.63. The van der Waals surface area contributed by atoms with Crippen molar-refractivity contribution < 1.29 is 13.9 Å². The summed E-state index contributed by atoms with van der Waals surface area (Å²) in [6.07, 6.45) is 0. The molecule has 0 spiro atoms. The highest BCUT2D eigenvalue weighted by Crippen LogP contribution is 2.54. The van der Waals surface area contributed by atoms with Crippen LogP contribution in [-0.2, 0) is 10.0 Å². The van der Waals surface area contributed by atoms with Crippen LogP contribution in [0.5, 0.6) is 11.5 Å². The second-order valence-corrected chi connectivity index (χ2v) is 11.4. The summed E-state index contributed by atoms with van der Waals surface area (Å²) in [5.41, 5.74) is 2.95. The van der Waals surface area contributed by atoms with Crippen molar-refractivity contribution in [1.82, 2.24) is 0 Å². The maximum Gasteiger partial charge on any atom is 0.236 e. The number of ether oxygens (including phenoxy) is 2. The summed E-state index contributed by atoms with van der Waals surface area (Å²) in [7, 11) is 5.91. The molecule has 6 heteroatoms. The van der Waals surface area contributed by atoms with Gasteiger partial charge in [-0.25, -0.2) is 0 Å². The Labute approximate surface area is 175 Å². The zero-order valence-corrected chi connectivity index (χ0v) is 19.8. The highest BCUT2D eigenvalue weighted by molar-refractivity contribution is 7.99. The minimum Gasteiger partial charge on any atom is -0.497 e. The number of rotatable bonds is 5. The van der Waals surface area contributed by atoms with Crippen molar-refractivity contribution in [3.05, 3.63) is 35.9 Å². The lowest BCUT2D eigenvalue weighted by atomic mass is 9.96. The largest absolute Gasteiger partial charge is 0.497 e. The van der Waals surface area contributed by atoms with Gasteiger partial charge in [0.15, 0.2) is 0 Å². The van der Waals surface area contributed by atoms with Gasteiger partial charge in [0.05, 0.1) is 31.2 Å². The van der Waals surface area contributed by atoms with Crippen molar-refractivity contribution in [2.45, 2.75) is 55.0 Å². The molecule has 28 heavy (non-hydrogen) atoms. The molecule has 1 aliphatic rings. The van der Waals surface area contributed by atoms with Gasteiger partial charge in [-0.2, -0.15) is 0 Å². The van der Waals surface area contributed by atoms with Gasteiger partial charge in [-0.05, 0) is 49.2 Å². The van der Waals surface area contributed by atoms with Crippen LogP contribution in [0.4, 0.5) is 11.4 Å². The second-order valence-electron chi connectivity index (χ2n) is 8.45. The van der Waals surface area contributed by atoms with Gasteiger partial charge in [0, 0.05) is 22.4 Å². The van der Waals surface area contributed by atoms with Crippen molar-refractivity contribution in [2.75, 3.05) is 26.2 Å². The molecule has 0 amide bonds. The van der Waals surface area contributed by atoms with Crippen LogP contribution in [0.25, 0.3) is 0 Å². The number of benzene rings is 2. The van der Waals surface area contributed by atoms with Gasteiger partial charge < -0.3 is 18.8 Å². The van der Waals surface area contributed by atoms with Crippen molar-refractivity contribution in [3.8, 4) is 11.5 Å². The number of nitrogens with zero attached hydrogens (tertiary/aromatic N) is 1. The fourth-order valence-corrected chi connectivity index (χ4v) is 5.34.